The molecule has 1 fully saturated rings. The van der Waals surface area contributed by atoms with Gasteiger partial charge in [0.2, 0.25) is 0 Å². The smallest absolute Gasteiger partial charge is 0.277 e. The summed E-state index contributed by atoms with van der Waals surface area (Å²) in [5.41, 5.74) is 3.01. The van der Waals surface area contributed by atoms with E-state index in [-0.39, 0.29) is 5.91 Å². The Hall–Kier alpha value is -2.17. The van der Waals surface area contributed by atoms with Crippen LogP contribution in [0.4, 0.5) is 5.82 Å². The van der Waals surface area contributed by atoms with E-state index >= 15 is 0 Å². The van der Waals surface area contributed by atoms with E-state index in [4.69, 9.17) is 0 Å². The van der Waals surface area contributed by atoms with Crippen molar-refractivity contribution in [3.05, 3.63) is 41.3 Å². The summed E-state index contributed by atoms with van der Waals surface area (Å²) >= 11 is 0. The van der Waals surface area contributed by atoms with Crippen molar-refractivity contribution in [2.45, 2.75) is 38.0 Å². The van der Waals surface area contributed by atoms with Crippen LogP contribution in [0, 0.1) is 0 Å². The van der Waals surface area contributed by atoms with E-state index in [1.807, 2.05) is 24.2 Å². The lowest BCUT2D eigenvalue weighted by atomic mass is 9.80. The molecule has 3 heterocycles. The highest BCUT2D eigenvalue weighted by Gasteiger charge is 2.32. The van der Waals surface area contributed by atoms with Crippen LogP contribution in [-0.2, 0) is 13.5 Å². The first-order chi connectivity index (χ1) is 10.8. The number of nitrogens with zero attached hydrogens (tertiary/aromatic N) is 4. The Labute approximate surface area is 130 Å². The Morgan fingerprint density at radius 3 is 2.95 bits per heavy atom. The van der Waals surface area contributed by atoms with E-state index < -0.39 is 0 Å². The van der Waals surface area contributed by atoms with E-state index in [0.717, 1.165) is 42.0 Å². The number of hydrogen-bond donors (Lipinski definition) is 0. The number of fused-ring (bicyclic) bond motifs is 1. The second-order valence-electron chi connectivity index (χ2n) is 6.25. The van der Waals surface area contributed by atoms with E-state index in [1.54, 1.807) is 10.9 Å². The molecule has 0 aromatic carbocycles. The number of hydrogen-bond acceptors (Lipinski definition) is 3. The third kappa shape index (κ3) is 2.03. The first kappa shape index (κ1) is 13.5. The van der Waals surface area contributed by atoms with Gasteiger partial charge in [0, 0.05) is 25.4 Å². The van der Waals surface area contributed by atoms with Crippen LogP contribution in [0.15, 0.2) is 24.5 Å². The van der Waals surface area contributed by atoms with Crippen LogP contribution in [0.5, 0.6) is 0 Å². The summed E-state index contributed by atoms with van der Waals surface area (Å²) in [7, 11) is 1.86. The highest BCUT2D eigenvalue weighted by atomic mass is 16.2. The van der Waals surface area contributed by atoms with Crippen molar-refractivity contribution in [2.24, 2.45) is 7.05 Å². The molecular weight excluding hydrogens is 276 g/mol. The first-order valence-electron chi connectivity index (χ1n) is 8.03. The normalized spacial score (nSPS) is 18.0. The van der Waals surface area contributed by atoms with Crippen molar-refractivity contribution in [1.82, 2.24) is 14.8 Å². The van der Waals surface area contributed by atoms with Crippen molar-refractivity contribution in [2.75, 3.05) is 11.4 Å². The lowest BCUT2D eigenvalue weighted by Crippen LogP contribution is -2.38. The quantitative estimate of drug-likeness (QED) is 0.856. The topological polar surface area (TPSA) is 51.0 Å². The standard InChI is InChI=1S/C17H20N4O/c1-20-15(14(11-19-20)12-5-2-6-12)17(22)21-10-4-8-13-7-3-9-18-16(13)21/h3,7,9,11-12H,2,4-6,8,10H2,1H3. The maximum atomic E-state index is 13.1. The molecule has 0 unspecified atom stereocenters. The molecule has 2 aromatic rings. The van der Waals surface area contributed by atoms with Gasteiger partial charge in [0.05, 0.1) is 6.20 Å². The SMILES string of the molecule is Cn1ncc(C2CCC2)c1C(=O)N1CCCc2cccnc21. The molecule has 22 heavy (non-hydrogen) atoms. The predicted molar refractivity (Wildman–Crippen MR) is 84.0 cm³/mol. The Balaban J connectivity index is 1.73. The number of anilines is 1. The molecule has 2 aliphatic rings. The maximum Gasteiger partial charge on any atom is 0.277 e. The second-order valence-corrected chi connectivity index (χ2v) is 6.25. The van der Waals surface area contributed by atoms with Crippen LogP contribution >= 0.6 is 0 Å². The number of amides is 1. The maximum absolute atomic E-state index is 13.1. The van der Waals surface area contributed by atoms with Crippen LogP contribution in [0.2, 0.25) is 0 Å². The highest BCUT2D eigenvalue weighted by Crippen LogP contribution is 2.38. The Morgan fingerprint density at radius 1 is 1.32 bits per heavy atom. The molecule has 0 saturated heterocycles. The van der Waals surface area contributed by atoms with Gasteiger partial charge in [0.25, 0.3) is 5.91 Å². The van der Waals surface area contributed by atoms with E-state index in [2.05, 4.69) is 16.1 Å². The van der Waals surface area contributed by atoms with Crippen LogP contribution in [0.1, 0.15) is 53.2 Å². The third-order valence-corrected chi connectivity index (χ3v) is 4.91. The summed E-state index contributed by atoms with van der Waals surface area (Å²) in [6.45, 7) is 0.734. The summed E-state index contributed by atoms with van der Waals surface area (Å²) in [6.07, 6.45) is 9.21. The van der Waals surface area contributed by atoms with Crippen LogP contribution in [0.25, 0.3) is 0 Å². The lowest BCUT2D eigenvalue weighted by molar-refractivity contribution is 0.0973. The zero-order valence-electron chi connectivity index (χ0n) is 12.8. The van der Waals surface area contributed by atoms with Crippen molar-refractivity contribution in [3.63, 3.8) is 0 Å². The Morgan fingerprint density at radius 2 is 2.18 bits per heavy atom. The molecule has 1 aliphatic carbocycles. The van der Waals surface area contributed by atoms with Gasteiger partial charge in [-0.3, -0.25) is 14.4 Å². The largest absolute Gasteiger partial charge is 0.291 e. The number of carbonyl (C=O) groups is 1. The van der Waals surface area contributed by atoms with Gasteiger partial charge in [-0.15, -0.1) is 0 Å². The average molecular weight is 296 g/mol. The molecule has 2 aromatic heterocycles. The summed E-state index contributed by atoms with van der Waals surface area (Å²) in [5.74, 6) is 1.36. The van der Waals surface area contributed by atoms with Gasteiger partial charge < -0.3 is 0 Å². The van der Waals surface area contributed by atoms with Gasteiger partial charge in [-0.2, -0.15) is 5.10 Å². The third-order valence-electron chi connectivity index (χ3n) is 4.91. The van der Waals surface area contributed by atoms with Gasteiger partial charge >= 0.3 is 0 Å². The van der Waals surface area contributed by atoms with E-state index in [1.165, 1.54) is 19.3 Å². The highest BCUT2D eigenvalue weighted by molar-refractivity contribution is 6.06. The minimum Gasteiger partial charge on any atom is -0.291 e. The summed E-state index contributed by atoms with van der Waals surface area (Å²) in [4.78, 5) is 19.4. The number of rotatable bonds is 2. The molecule has 4 rings (SSSR count). The molecule has 0 N–H and O–H groups in total. The molecular formula is C17H20N4O. The van der Waals surface area contributed by atoms with E-state index in [0.29, 0.717) is 5.92 Å². The van der Waals surface area contributed by atoms with Gasteiger partial charge in [0.1, 0.15) is 11.5 Å². The van der Waals surface area contributed by atoms with Gasteiger partial charge in [-0.25, -0.2) is 4.98 Å². The minimum absolute atomic E-state index is 0.0431. The Kier molecular flexibility index (Phi) is 3.21. The number of pyridine rings is 1. The van der Waals surface area contributed by atoms with Gasteiger partial charge in [-0.05, 0) is 43.2 Å². The summed E-state index contributed by atoms with van der Waals surface area (Å²) < 4.78 is 1.73. The fourth-order valence-corrected chi connectivity index (χ4v) is 3.46. The number of carbonyl (C=O) groups excluding carboxylic acids is 1. The van der Waals surface area contributed by atoms with Crippen molar-refractivity contribution in [1.29, 1.82) is 0 Å². The zero-order valence-corrected chi connectivity index (χ0v) is 12.8. The molecule has 1 saturated carbocycles. The number of aromatic nitrogens is 3. The molecule has 0 spiro atoms. The van der Waals surface area contributed by atoms with E-state index in [9.17, 15) is 4.79 Å². The molecule has 1 amide bonds. The summed E-state index contributed by atoms with van der Waals surface area (Å²) in [6, 6.07) is 4.01. The van der Waals surface area contributed by atoms with Crippen LogP contribution in [0.3, 0.4) is 0 Å². The number of aryl methyl sites for hydroxylation is 2. The molecule has 1 aliphatic heterocycles. The molecule has 5 heteroatoms. The first-order valence-corrected chi connectivity index (χ1v) is 8.03. The molecule has 0 radical (unpaired) electrons. The second kappa shape index (κ2) is 5.23. The molecule has 5 nitrogen and oxygen atoms in total. The molecule has 114 valence electrons. The fourth-order valence-electron chi connectivity index (χ4n) is 3.46. The van der Waals surface area contributed by atoms with Crippen molar-refractivity contribution in [3.8, 4) is 0 Å². The minimum atomic E-state index is 0.0431. The van der Waals surface area contributed by atoms with Crippen molar-refractivity contribution < 1.29 is 4.79 Å². The monoisotopic (exact) mass is 296 g/mol. The van der Waals surface area contributed by atoms with Crippen molar-refractivity contribution >= 4 is 11.7 Å². The lowest BCUT2D eigenvalue weighted by Gasteiger charge is -2.30. The molecule has 0 bridgehead atoms. The fraction of sp³-hybridized carbons (Fsp3) is 0.471. The average Bonchev–Trinajstić information content (AvgIpc) is 2.86. The van der Waals surface area contributed by atoms with Gasteiger partial charge in [-0.1, -0.05) is 12.5 Å². The summed E-state index contributed by atoms with van der Waals surface area (Å²) in [5, 5.41) is 4.34. The van der Waals surface area contributed by atoms with Crippen LogP contribution < -0.4 is 4.90 Å². The van der Waals surface area contributed by atoms with Crippen LogP contribution in [-0.4, -0.2) is 27.2 Å². The molecule has 0 atom stereocenters. The predicted octanol–water partition coefficient (Wildman–Crippen LogP) is 2.68. The Bertz CT molecular complexity index is 717. The zero-order chi connectivity index (χ0) is 15.1. The van der Waals surface area contributed by atoms with Gasteiger partial charge in [0.15, 0.2) is 0 Å².